The first-order valence-corrected chi connectivity index (χ1v) is 8.27. The van der Waals surface area contributed by atoms with Crippen LogP contribution in [0.2, 0.25) is 0 Å². The standard InChI is InChI=1S/C17H17NO4S/c19-16(20)9-13(15-6-3-7-23-15)18-17(21)12-8-11-4-1-2-5-14(11)22-10-12/h1-7,12-13H,8-10H2,(H,18,21)(H,19,20)/t12-,13-/m1/s1. The van der Waals surface area contributed by atoms with Gasteiger partial charge in [-0.3, -0.25) is 9.59 Å². The average molecular weight is 331 g/mol. The van der Waals surface area contributed by atoms with Crippen LogP contribution in [-0.4, -0.2) is 23.6 Å². The zero-order chi connectivity index (χ0) is 16.2. The van der Waals surface area contributed by atoms with Gasteiger partial charge in [0.25, 0.3) is 0 Å². The molecule has 1 aromatic heterocycles. The minimum Gasteiger partial charge on any atom is -0.492 e. The second-order valence-corrected chi connectivity index (χ2v) is 6.47. The Labute approximate surface area is 137 Å². The van der Waals surface area contributed by atoms with Gasteiger partial charge < -0.3 is 15.2 Å². The molecule has 0 radical (unpaired) electrons. The van der Waals surface area contributed by atoms with Crippen molar-refractivity contribution in [1.82, 2.24) is 5.32 Å². The number of aliphatic carboxylic acids is 1. The minimum absolute atomic E-state index is 0.129. The predicted octanol–water partition coefficient (Wildman–Crippen LogP) is 2.63. The van der Waals surface area contributed by atoms with Crippen molar-refractivity contribution >= 4 is 23.2 Å². The number of thiophene rings is 1. The number of hydrogen-bond acceptors (Lipinski definition) is 4. The fraction of sp³-hybridized carbons (Fsp3) is 0.294. The van der Waals surface area contributed by atoms with Gasteiger partial charge in [-0.15, -0.1) is 11.3 Å². The highest BCUT2D eigenvalue weighted by Crippen LogP contribution is 2.28. The number of amides is 1. The van der Waals surface area contributed by atoms with Gasteiger partial charge in [0.2, 0.25) is 5.91 Å². The number of carbonyl (C=O) groups excluding carboxylic acids is 1. The summed E-state index contributed by atoms with van der Waals surface area (Å²) >= 11 is 1.44. The van der Waals surface area contributed by atoms with E-state index in [0.29, 0.717) is 13.0 Å². The maximum Gasteiger partial charge on any atom is 0.305 e. The van der Waals surface area contributed by atoms with Crippen molar-refractivity contribution in [1.29, 1.82) is 0 Å². The lowest BCUT2D eigenvalue weighted by Crippen LogP contribution is -2.39. The highest BCUT2D eigenvalue weighted by molar-refractivity contribution is 7.10. The molecule has 2 heterocycles. The first kappa shape index (κ1) is 15.6. The third-order valence-electron chi connectivity index (χ3n) is 3.83. The van der Waals surface area contributed by atoms with Crippen molar-refractivity contribution in [2.24, 2.45) is 5.92 Å². The first-order chi connectivity index (χ1) is 11.1. The number of carboxylic acid groups (broad SMARTS) is 1. The van der Waals surface area contributed by atoms with Gasteiger partial charge in [-0.05, 0) is 29.5 Å². The highest BCUT2D eigenvalue weighted by atomic mass is 32.1. The molecule has 1 amide bonds. The third kappa shape index (κ3) is 3.71. The number of fused-ring (bicyclic) bond motifs is 1. The van der Waals surface area contributed by atoms with Gasteiger partial charge >= 0.3 is 5.97 Å². The Morgan fingerprint density at radius 1 is 1.30 bits per heavy atom. The summed E-state index contributed by atoms with van der Waals surface area (Å²) < 4.78 is 5.64. The number of carbonyl (C=O) groups is 2. The Hall–Kier alpha value is -2.34. The van der Waals surface area contributed by atoms with Crippen LogP contribution in [0.3, 0.4) is 0 Å². The van der Waals surface area contributed by atoms with Crippen molar-refractivity contribution < 1.29 is 19.4 Å². The van der Waals surface area contributed by atoms with Crippen LogP contribution in [0.1, 0.15) is 22.9 Å². The van der Waals surface area contributed by atoms with Gasteiger partial charge in [0.15, 0.2) is 0 Å². The molecule has 6 heteroatoms. The Bertz CT molecular complexity index is 698. The van der Waals surface area contributed by atoms with Crippen LogP contribution in [0.4, 0.5) is 0 Å². The Morgan fingerprint density at radius 3 is 2.87 bits per heavy atom. The summed E-state index contributed by atoms with van der Waals surface area (Å²) in [6.45, 7) is 0.313. The molecule has 2 atom stereocenters. The smallest absolute Gasteiger partial charge is 0.305 e. The number of para-hydroxylation sites is 1. The second-order valence-electron chi connectivity index (χ2n) is 5.49. The largest absolute Gasteiger partial charge is 0.492 e. The normalized spacial score (nSPS) is 17.7. The maximum absolute atomic E-state index is 12.5. The minimum atomic E-state index is -0.936. The molecule has 2 aromatic rings. The van der Waals surface area contributed by atoms with Crippen LogP contribution < -0.4 is 10.1 Å². The monoisotopic (exact) mass is 331 g/mol. The molecule has 1 aliphatic rings. The van der Waals surface area contributed by atoms with Crippen molar-refractivity contribution in [3.63, 3.8) is 0 Å². The SMILES string of the molecule is O=C(O)C[C@@H](NC(=O)[C@H]1COc2ccccc2C1)c1cccs1. The topological polar surface area (TPSA) is 75.6 Å². The van der Waals surface area contributed by atoms with E-state index in [0.717, 1.165) is 16.2 Å². The lowest BCUT2D eigenvalue weighted by atomic mass is 9.95. The number of carboxylic acids is 1. The summed E-state index contributed by atoms with van der Waals surface area (Å²) in [5.41, 5.74) is 1.00. The van der Waals surface area contributed by atoms with Gasteiger partial charge in [0, 0.05) is 4.88 Å². The Morgan fingerprint density at radius 2 is 2.13 bits per heavy atom. The van der Waals surface area contributed by atoms with Crippen LogP contribution in [0.25, 0.3) is 0 Å². The maximum atomic E-state index is 12.5. The molecular formula is C17H17NO4S. The van der Waals surface area contributed by atoms with Crippen LogP contribution in [0, 0.1) is 5.92 Å². The van der Waals surface area contributed by atoms with Crippen LogP contribution >= 0.6 is 11.3 Å². The van der Waals surface area contributed by atoms with Crippen molar-refractivity contribution in [2.75, 3.05) is 6.61 Å². The fourth-order valence-corrected chi connectivity index (χ4v) is 3.45. The summed E-state index contributed by atoms with van der Waals surface area (Å²) in [5.74, 6) is -0.592. The lowest BCUT2D eigenvalue weighted by molar-refractivity contribution is -0.138. The zero-order valence-electron chi connectivity index (χ0n) is 12.4. The third-order valence-corrected chi connectivity index (χ3v) is 4.82. The Kier molecular flexibility index (Phi) is 4.62. The quantitative estimate of drug-likeness (QED) is 0.883. The molecule has 5 nitrogen and oxygen atoms in total. The first-order valence-electron chi connectivity index (χ1n) is 7.40. The molecule has 0 bridgehead atoms. The van der Waals surface area contributed by atoms with E-state index < -0.39 is 12.0 Å². The van der Waals surface area contributed by atoms with Crippen LogP contribution in [0.5, 0.6) is 5.75 Å². The number of benzene rings is 1. The van der Waals surface area contributed by atoms with E-state index in [2.05, 4.69) is 5.32 Å². The van der Waals surface area contributed by atoms with E-state index in [9.17, 15) is 9.59 Å². The highest BCUT2D eigenvalue weighted by Gasteiger charge is 2.28. The van der Waals surface area contributed by atoms with Gasteiger partial charge in [-0.25, -0.2) is 0 Å². The molecule has 1 aliphatic heterocycles. The lowest BCUT2D eigenvalue weighted by Gasteiger charge is -2.26. The molecule has 1 aromatic carbocycles. The van der Waals surface area contributed by atoms with Crippen LogP contribution in [0.15, 0.2) is 41.8 Å². The molecule has 3 rings (SSSR count). The number of ether oxygens (including phenoxy) is 1. The van der Waals surface area contributed by atoms with E-state index in [1.54, 1.807) is 0 Å². The molecule has 0 saturated heterocycles. The van der Waals surface area contributed by atoms with E-state index in [-0.39, 0.29) is 18.2 Å². The van der Waals surface area contributed by atoms with E-state index in [1.807, 2.05) is 41.8 Å². The number of hydrogen-bond donors (Lipinski definition) is 2. The Balaban J connectivity index is 1.69. The molecule has 120 valence electrons. The average Bonchev–Trinajstić information content (AvgIpc) is 3.07. The summed E-state index contributed by atoms with van der Waals surface area (Å²) in [7, 11) is 0. The van der Waals surface area contributed by atoms with Crippen molar-refractivity contribution in [3.8, 4) is 5.75 Å². The predicted molar refractivity (Wildman–Crippen MR) is 86.6 cm³/mol. The molecule has 2 N–H and O–H groups in total. The van der Waals surface area contributed by atoms with E-state index >= 15 is 0 Å². The van der Waals surface area contributed by atoms with E-state index in [4.69, 9.17) is 9.84 Å². The molecule has 23 heavy (non-hydrogen) atoms. The van der Waals surface area contributed by atoms with Gasteiger partial charge in [-0.2, -0.15) is 0 Å². The van der Waals surface area contributed by atoms with Crippen molar-refractivity contribution in [2.45, 2.75) is 18.9 Å². The fourth-order valence-electron chi connectivity index (χ4n) is 2.67. The molecule has 0 fully saturated rings. The van der Waals surface area contributed by atoms with Gasteiger partial charge in [0.1, 0.15) is 12.4 Å². The van der Waals surface area contributed by atoms with E-state index in [1.165, 1.54) is 11.3 Å². The molecule has 0 saturated carbocycles. The molecule has 0 unspecified atom stereocenters. The second kappa shape index (κ2) is 6.83. The van der Waals surface area contributed by atoms with Crippen molar-refractivity contribution in [3.05, 3.63) is 52.2 Å². The number of rotatable bonds is 5. The molecule has 0 spiro atoms. The summed E-state index contributed by atoms with van der Waals surface area (Å²) in [5, 5.41) is 13.8. The molecule has 0 aliphatic carbocycles. The zero-order valence-corrected chi connectivity index (χ0v) is 13.2. The summed E-state index contributed by atoms with van der Waals surface area (Å²) in [4.78, 5) is 24.4. The van der Waals surface area contributed by atoms with Crippen LogP contribution in [-0.2, 0) is 16.0 Å². The number of nitrogens with one attached hydrogen (secondary N) is 1. The summed E-state index contributed by atoms with van der Waals surface area (Å²) in [6.07, 6.45) is 0.475. The summed E-state index contributed by atoms with van der Waals surface area (Å²) in [6, 6.07) is 10.8. The van der Waals surface area contributed by atoms with Gasteiger partial charge in [0.05, 0.1) is 18.4 Å². The van der Waals surface area contributed by atoms with Gasteiger partial charge in [-0.1, -0.05) is 24.3 Å². The molecular weight excluding hydrogens is 314 g/mol.